The summed E-state index contributed by atoms with van der Waals surface area (Å²) in [7, 11) is 1.71. The summed E-state index contributed by atoms with van der Waals surface area (Å²) >= 11 is 0. The number of nitrogens with one attached hydrogen (secondary N) is 1. The second-order valence-corrected chi connectivity index (χ2v) is 7.75. The Labute approximate surface area is 174 Å². The molecule has 4 rings (SSSR count). The van der Waals surface area contributed by atoms with Crippen LogP contribution in [0.25, 0.3) is 11.2 Å². The van der Waals surface area contributed by atoms with Crippen LogP contribution in [0.1, 0.15) is 29.9 Å². The summed E-state index contributed by atoms with van der Waals surface area (Å²) in [5, 5.41) is 6.97. The van der Waals surface area contributed by atoms with Gasteiger partial charge in [-0.05, 0) is 45.2 Å². The first-order valence-corrected chi connectivity index (χ1v) is 10.2. The molecule has 9 heteroatoms. The van der Waals surface area contributed by atoms with Gasteiger partial charge in [-0.3, -0.25) is 14.2 Å². The first-order chi connectivity index (χ1) is 14.5. The number of pyridine rings is 1. The third kappa shape index (κ3) is 3.79. The highest BCUT2D eigenvalue weighted by atomic mass is 16.5. The predicted molar refractivity (Wildman–Crippen MR) is 112 cm³/mol. The lowest BCUT2D eigenvalue weighted by Gasteiger charge is -2.31. The van der Waals surface area contributed by atoms with Gasteiger partial charge in [-0.1, -0.05) is 5.16 Å². The van der Waals surface area contributed by atoms with E-state index in [1.807, 2.05) is 30.9 Å². The summed E-state index contributed by atoms with van der Waals surface area (Å²) in [6, 6.07) is 3.66. The minimum Gasteiger partial charge on any atom is -0.361 e. The van der Waals surface area contributed by atoms with Crippen molar-refractivity contribution in [3.8, 4) is 0 Å². The van der Waals surface area contributed by atoms with Gasteiger partial charge in [0, 0.05) is 44.4 Å². The van der Waals surface area contributed by atoms with E-state index in [0.717, 1.165) is 17.0 Å². The Kier molecular flexibility index (Phi) is 5.52. The Morgan fingerprint density at radius 2 is 2.07 bits per heavy atom. The molecule has 30 heavy (non-hydrogen) atoms. The number of carbonyl (C=O) groups excluding carboxylic acids is 1. The normalized spacial score (nSPS) is 15.0. The molecule has 0 saturated carbocycles. The standard InChI is InChI=1S/C21H26N6O3/c1-13-16(14(2)30-25-13)6-10-23-20(28)15-7-11-27(12-8-15)19-21(29)26(3)18-17(24-19)5-4-9-22-18/h4-5,9,15H,6-8,10-12H2,1-3H3,(H,23,28). The second kappa shape index (κ2) is 8.25. The molecule has 1 amide bonds. The Morgan fingerprint density at radius 1 is 1.30 bits per heavy atom. The molecular formula is C21H26N6O3. The molecule has 0 aliphatic carbocycles. The molecule has 1 aliphatic rings. The fourth-order valence-corrected chi connectivity index (χ4v) is 4.02. The number of anilines is 1. The third-order valence-electron chi connectivity index (χ3n) is 5.83. The minimum absolute atomic E-state index is 0.0584. The fraction of sp³-hybridized carbons (Fsp3) is 0.476. The highest BCUT2D eigenvalue weighted by Crippen LogP contribution is 2.21. The minimum atomic E-state index is -0.163. The summed E-state index contributed by atoms with van der Waals surface area (Å²) in [5.41, 5.74) is 3.02. The van der Waals surface area contributed by atoms with Gasteiger partial charge in [0.15, 0.2) is 11.5 Å². The van der Waals surface area contributed by atoms with Crippen LogP contribution in [-0.4, -0.2) is 45.2 Å². The average molecular weight is 410 g/mol. The van der Waals surface area contributed by atoms with E-state index in [1.54, 1.807) is 13.2 Å². The molecule has 0 bridgehead atoms. The van der Waals surface area contributed by atoms with Crippen molar-refractivity contribution in [1.29, 1.82) is 0 Å². The Bertz CT molecular complexity index is 1110. The Morgan fingerprint density at radius 3 is 2.77 bits per heavy atom. The number of hydrogen-bond acceptors (Lipinski definition) is 7. The largest absolute Gasteiger partial charge is 0.361 e. The van der Waals surface area contributed by atoms with Crippen molar-refractivity contribution >= 4 is 22.9 Å². The van der Waals surface area contributed by atoms with Crippen LogP contribution in [0.3, 0.4) is 0 Å². The first kappa shape index (κ1) is 20.1. The van der Waals surface area contributed by atoms with E-state index in [-0.39, 0.29) is 17.4 Å². The maximum absolute atomic E-state index is 12.7. The highest BCUT2D eigenvalue weighted by Gasteiger charge is 2.27. The van der Waals surface area contributed by atoms with Gasteiger partial charge in [-0.25, -0.2) is 9.97 Å². The summed E-state index contributed by atoms with van der Waals surface area (Å²) in [6.45, 7) is 5.59. The van der Waals surface area contributed by atoms with Crippen LogP contribution < -0.4 is 15.8 Å². The summed E-state index contributed by atoms with van der Waals surface area (Å²) in [5.74, 6) is 1.23. The van der Waals surface area contributed by atoms with E-state index in [0.29, 0.717) is 55.9 Å². The number of hydrogen-bond donors (Lipinski definition) is 1. The van der Waals surface area contributed by atoms with Crippen molar-refractivity contribution in [2.45, 2.75) is 33.1 Å². The molecule has 3 aromatic heterocycles. The molecule has 3 aromatic rings. The average Bonchev–Trinajstić information content (AvgIpc) is 3.08. The lowest BCUT2D eigenvalue weighted by atomic mass is 9.96. The number of amides is 1. The quantitative estimate of drug-likeness (QED) is 0.679. The molecule has 9 nitrogen and oxygen atoms in total. The van der Waals surface area contributed by atoms with Gasteiger partial charge in [0.25, 0.3) is 5.56 Å². The fourth-order valence-electron chi connectivity index (χ4n) is 4.02. The molecule has 1 saturated heterocycles. The van der Waals surface area contributed by atoms with Crippen molar-refractivity contribution in [2.75, 3.05) is 24.5 Å². The lowest BCUT2D eigenvalue weighted by Crippen LogP contribution is -2.43. The number of carbonyl (C=O) groups is 1. The van der Waals surface area contributed by atoms with Crippen molar-refractivity contribution in [3.63, 3.8) is 0 Å². The van der Waals surface area contributed by atoms with Gasteiger partial charge in [-0.15, -0.1) is 0 Å². The van der Waals surface area contributed by atoms with Gasteiger partial charge in [0.05, 0.1) is 5.69 Å². The number of rotatable bonds is 5. The monoisotopic (exact) mass is 410 g/mol. The number of aryl methyl sites for hydroxylation is 3. The van der Waals surface area contributed by atoms with Crippen LogP contribution in [-0.2, 0) is 18.3 Å². The molecule has 1 aliphatic heterocycles. The van der Waals surface area contributed by atoms with E-state index >= 15 is 0 Å². The molecule has 1 N–H and O–H groups in total. The molecule has 4 heterocycles. The second-order valence-electron chi connectivity index (χ2n) is 7.75. The molecule has 0 atom stereocenters. The molecule has 0 radical (unpaired) electrons. The molecule has 0 unspecified atom stereocenters. The van der Waals surface area contributed by atoms with E-state index < -0.39 is 0 Å². The van der Waals surface area contributed by atoms with Crippen molar-refractivity contribution in [2.24, 2.45) is 13.0 Å². The SMILES string of the molecule is Cc1noc(C)c1CCNC(=O)C1CCN(c2nc3cccnc3n(C)c2=O)CC1. The highest BCUT2D eigenvalue weighted by molar-refractivity contribution is 5.79. The zero-order valence-corrected chi connectivity index (χ0v) is 17.5. The molecule has 158 valence electrons. The summed E-state index contributed by atoms with van der Waals surface area (Å²) in [4.78, 5) is 36.1. The van der Waals surface area contributed by atoms with Crippen LogP contribution in [0.4, 0.5) is 5.82 Å². The topological polar surface area (TPSA) is 106 Å². The predicted octanol–water partition coefficient (Wildman–Crippen LogP) is 1.51. The Hall–Kier alpha value is -3.23. The number of aromatic nitrogens is 4. The Balaban J connectivity index is 1.36. The van der Waals surface area contributed by atoms with Crippen molar-refractivity contribution in [3.05, 3.63) is 45.7 Å². The zero-order chi connectivity index (χ0) is 21.3. The molecule has 0 aromatic carbocycles. The number of nitrogens with zero attached hydrogens (tertiary/aromatic N) is 5. The lowest BCUT2D eigenvalue weighted by molar-refractivity contribution is -0.125. The van der Waals surface area contributed by atoms with Gasteiger partial charge in [0.1, 0.15) is 11.3 Å². The van der Waals surface area contributed by atoms with E-state index in [9.17, 15) is 9.59 Å². The van der Waals surface area contributed by atoms with Crippen LogP contribution in [0.5, 0.6) is 0 Å². The van der Waals surface area contributed by atoms with Crippen LogP contribution in [0.2, 0.25) is 0 Å². The maximum atomic E-state index is 12.7. The molecular weight excluding hydrogens is 384 g/mol. The summed E-state index contributed by atoms with van der Waals surface area (Å²) in [6.07, 6.45) is 3.73. The van der Waals surface area contributed by atoms with E-state index in [4.69, 9.17) is 4.52 Å². The number of fused-ring (bicyclic) bond motifs is 1. The van der Waals surface area contributed by atoms with Gasteiger partial charge in [0.2, 0.25) is 5.91 Å². The van der Waals surface area contributed by atoms with E-state index in [2.05, 4.69) is 20.4 Å². The van der Waals surface area contributed by atoms with Crippen LogP contribution in [0.15, 0.2) is 27.6 Å². The van der Waals surface area contributed by atoms with Crippen molar-refractivity contribution in [1.82, 2.24) is 25.0 Å². The summed E-state index contributed by atoms with van der Waals surface area (Å²) < 4.78 is 6.70. The number of piperidine rings is 1. The van der Waals surface area contributed by atoms with Crippen LogP contribution >= 0.6 is 0 Å². The van der Waals surface area contributed by atoms with Crippen LogP contribution in [0, 0.1) is 19.8 Å². The zero-order valence-electron chi connectivity index (χ0n) is 17.5. The van der Waals surface area contributed by atoms with Gasteiger partial charge in [-0.2, -0.15) is 0 Å². The molecule has 1 fully saturated rings. The van der Waals surface area contributed by atoms with Crippen molar-refractivity contribution < 1.29 is 9.32 Å². The van der Waals surface area contributed by atoms with E-state index in [1.165, 1.54) is 4.57 Å². The first-order valence-electron chi connectivity index (χ1n) is 10.2. The molecule has 0 spiro atoms. The van der Waals surface area contributed by atoms with Gasteiger partial charge < -0.3 is 14.7 Å². The maximum Gasteiger partial charge on any atom is 0.294 e. The third-order valence-corrected chi connectivity index (χ3v) is 5.83. The van der Waals surface area contributed by atoms with Gasteiger partial charge >= 0.3 is 0 Å². The smallest absolute Gasteiger partial charge is 0.294 e.